The Balaban J connectivity index is 2.40. The SMILES string of the molecule is CC(C)(C)OC(=O)NCCC(O)C(O)c1ccc(CN)cc1. The first kappa shape index (κ1) is 18.4. The van der Waals surface area contributed by atoms with Gasteiger partial charge in [0, 0.05) is 13.1 Å². The number of aliphatic hydroxyl groups is 2. The molecule has 0 radical (unpaired) electrons. The molecule has 1 aromatic rings. The number of ether oxygens (including phenoxy) is 1. The van der Waals surface area contributed by atoms with Gasteiger partial charge in [-0.3, -0.25) is 0 Å². The molecule has 0 aromatic heterocycles. The topological polar surface area (TPSA) is 105 Å². The van der Waals surface area contributed by atoms with E-state index in [-0.39, 0.29) is 13.0 Å². The molecule has 0 saturated heterocycles. The maximum Gasteiger partial charge on any atom is 0.407 e. The lowest BCUT2D eigenvalue weighted by Crippen LogP contribution is -2.34. The highest BCUT2D eigenvalue weighted by atomic mass is 16.6. The zero-order chi connectivity index (χ0) is 16.8. The molecule has 0 heterocycles. The molecule has 2 unspecified atom stereocenters. The van der Waals surface area contributed by atoms with Crippen molar-refractivity contribution in [2.75, 3.05) is 6.54 Å². The number of carbonyl (C=O) groups excluding carboxylic acids is 1. The van der Waals surface area contributed by atoms with Gasteiger partial charge >= 0.3 is 6.09 Å². The molecule has 22 heavy (non-hydrogen) atoms. The van der Waals surface area contributed by atoms with Crippen LogP contribution in [0.5, 0.6) is 0 Å². The van der Waals surface area contributed by atoms with Crippen LogP contribution in [0.15, 0.2) is 24.3 Å². The third-order valence-corrected chi connectivity index (χ3v) is 3.03. The lowest BCUT2D eigenvalue weighted by atomic mass is 10.0. The second kappa shape index (κ2) is 8.12. The van der Waals surface area contributed by atoms with Crippen molar-refractivity contribution in [2.45, 2.75) is 51.5 Å². The van der Waals surface area contributed by atoms with E-state index in [4.69, 9.17) is 10.5 Å². The van der Waals surface area contributed by atoms with Gasteiger partial charge in [-0.2, -0.15) is 0 Å². The predicted molar refractivity (Wildman–Crippen MR) is 84.2 cm³/mol. The van der Waals surface area contributed by atoms with E-state index < -0.39 is 23.9 Å². The van der Waals surface area contributed by atoms with Crippen LogP contribution in [0.25, 0.3) is 0 Å². The van der Waals surface area contributed by atoms with Gasteiger partial charge in [-0.15, -0.1) is 0 Å². The zero-order valence-corrected chi connectivity index (χ0v) is 13.4. The van der Waals surface area contributed by atoms with Crippen molar-refractivity contribution in [1.82, 2.24) is 5.32 Å². The Morgan fingerprint density at radius 3 is 2.36 bits per heavy atom. The first-order valence-corrected chi connectivity index (χ1v) is 7.35. The van der Waals surface area contributed by atoms with Crippen molar-refractivity contribution in [3.8, 4) is 0 Å². The number of carbonyl (C=O) groups is 1. The average Bonchev–Trinajstić information content (AvgIpc) is 2.44. The van der Waals surface area contributed by atoms with Crippen molar-refractivity contribution < 1.29 is 19.7 Å². The molecule has 1 aromatic carbocycles. The molecule has 1 amide bonds. The van der Waals surface area contributed by atoms with Crippen LogP contribution in [-0.4, -0.2) is 34.6 Å². The quantitative estimate of drug-likeness (QED) is 0.636. The van der Waals surface area contributed by atoms with Gasteiger partial charge in [-0.05, 0) is 38.3 Å². The van der Waals surface area contributed by atoms with E-state index in [0.717, 1.165) is 5.56 Å². The average molecular weight is 310 g/mol. The van der Waals surface area contributed by atoms with E-state index >= 15 is 0 Å². The largest absolute Gasteiger partial charge is 0.444 e. The van der Waals surface area contributed by atoms with Crippen molar-refractivity contribution in [3.05, 3.63) is 35.4 Å². The molecule has 0 aliphatic carbocycles. The summed E-state index contributed by atoms with van der Waals surface area (Å²) in [5.74, 6) is 0. The third kappa shape index (κ3) is 6.43. The number of alkyl carbamates (subject to hydrolysis) is 1. The highest BCUT2D eigenvalue weighted by Gasteiger charge is 2.19. The summed E-state index contributed by atoms with van der Waals surface area (Å²) in [5.41, 5.74) is 6.52. The summed E-state index contributed by atoms with van der Waals surface area (Å²) in [5, 5.41) is 22.6. The first-order valence-electron chi connectivity index (χ1n) is 7.35. The third-order valence-electron chi connectivity index (χ3n) is 3.03. The van der Waals surface area contributed by atoms with Gasteiger partial charge in [-0.1, -0.05) is 24.3 Å². The molecule has 6 nitrogen and oxygen atoms in total. The number of nitrogens with two attached hydrogens (primary N) is 1. The Labute approximate surface area is 131 Å². The van der Waals surface area contributed by atoms with Gasteiger partial charge in [0.05, 0.1) is 6.10 Å². The van der Waals surface area contributed by atoms with Crippen LogP contribution < -0.4 is 11.1 Å². The fraction of sp³-hybridized carbons (Fsp3) is 0.562. The fourth-order valence-corrected chi connectivity index (χ4v) is 1.87. The van der Waals surface area contributed by atoms with Gasteiger partial charge in [0.2, 0.25) is 0 Å². The predicted octanol–water partition coefficient (Wildman–Crippen LogP) is 1.45. The van der Waals surface area contributed by atoms with Crippen LogP contribution in [0, 0.1) is 0 Å². The van der Waals surface area contributed by atoms with Gasteiger partial charge in [0.1, 0.15) is 11.7 Å². The Kier molecular flexibility index (Phi) is 6.80. The van der Waals surface area contributed by atoms with Crippen molar-refractivity contribution >= 4 is 6.09 Å². The molecule has 0 bridgehead atoms. The fourth-order valence-electron chi connectivity index (χ4n) is 1.87. The van der Waals surface area contributed by atoms with Crippen molar-refractivity contribution in [1.29, 1.82) is 0 Å². The molecule has 2 atom stereocenters. The van der Waals surface area contributed by atoms with Crippen LogP contribution in [0.2, 0.25) is 0 Å². The molecule has 0 aliphatic rings. The van der Waals surface area contributed by atoms with E-state index in [1.165, 1.54) is 0 Å². The second-order valence-electron chi connectivity index (χ2n) is 6.18. The van der Waals surface area contributed by atoms with E-state index in [2.05, 4.69) is 5.32 Å². The highest BCUT2D eigenvalue weighted by molar-refractivity contribution is 5.67. The number of amides is 1. The number of nitrogens with one attached hydrogen (secondary N) is 1. The van der Waals surface area contributed by atoms with Crippen molar-refractivity contribution in [2.24, 2.45) is 5.73 Å². The van der Waals surface area contributed by atoms with Crippen LogP contribution >= 0.6 is 0 Å². The van der Waals surface area contributed by atoms with Crippen molar-refractivity contribution in [3.63, 3.8) is 0 Å². The number of aliphatic hydroxyl groups excluding tert-OH is 2. The lowest BCUT2D eigenvalue weighted by molar-refractivity contribution is 0.0123. The monoisotopic (exact) mass is 310 g/mol. The Morgan fingerprint density at radius 1 is 1.27 bits per heavy atom. The minimum Gasteiger partial charge on any atom is -0.444 e. The maximum absolute atomic E-state index is 11.5. The van der Waals surface area contributed by atoms with Crippen LogP contribution in [0.1, 0.15) is 44.4 Å². The molecule has 0 fully saturated rings. The standard InChI is InChI=1S/C16H26N2O4/c1-16(2,3)22-15(21)18-9-8-13(19)14(20)12-6-4-11(10-17)5-7-12/h4-7,13-14,19-20H,8-10,17H2,1-3H3,(H,18,21). The molecule has 0 spiro atoms. The first-order chi connectivity index (χ1) is 10.2. The molecular formula is C16H26N2O4. The Hall–Kier alpha value is -1.63. The summed E-state index contributed by atoms with van der Waals surface area (Å²) in [6.07, 6.45) is -2.30. The summed E-state index contributed by atoms with van der Waals surface area (Å²) in [6, 6.07) is 7.09. The Bertz CT molecular complexity index is 468. The van der Waals surface area contributed by atoms with Gasteiger partial charge < -0.3 is 26.0 Å². The normalized spacial score (nSPS) is 14.3. The number of hydrogen-bond acceptors (Lipinski definition) is 5. The smallest absolute Gasteiger partial charge is 0.407 e. The van der Waals surface area contributed by atoms with Gasteiger partial charge in [-0.25, -0.2) is 4.79 Å². The number of hydrogen-bond donors (Lipinski definition) is 4. The van der Waals surface area contributed by atoms with E-state index in [0.29, 0.717) is 12.1 Å². The summed E-state index contributed by atoms with van der Waals surface area (Å²) in [7, 11) is 0. The van der Waals surface area contributed by atoms with Gasteiger partial charge in [0.15, 0.2) is 0 Å². The molecule has 1 rings (SSSR count). The minimum atomic E-state index is -1.01. The zero-order valence-electron chi connectivity index (χ0n) is 13.4. The molecule has 5 N–H and O–H groups in total. The van der Waals surface area contributed by atoms with Gasteiger partial charge in [0.25, 0.3) is 0 Å². The maximum atomic E-state index is 11.5. The molecule has 0 saturated carbocycles. The second-order valence-corrected chi connectivity index (χ2v) is 6.18. The van der Waals surface area contributed by atoms with Crippen LogP contribution in [0.4, 0.5) is 4.79 Å². The summed E-state index contributed by atoms with van der Waals surface area (Å²) in [4.78, 5) is 11.5. The summed E-state index contributed by atoms with van der Waals surface area (Å²) < 4.78 is 5.08. The van der Waals surface area contributed by atoms with Crippen LogP contribution in [0.3, 0.4) is 0 Å². The Morgan fingerprint density at radius 2 is 1.86 bits per heavy atom. The lowest BCUT2D eigenvalue weighted by Gasteiger charge is -2.21. The van der Waals surface area contributed by atoms with E-state index in [1.54, 1.807) is 32.9 Å². The van der Waals surface area contributed by atoms with E-state index in [9.17, 15) is 15.0 Å². The molecule has 6 heteroatoms. The highest BCUT2D eigenvalue weighted by Crippen LogP contribution is 2.19. The minimum absolute atomic E-state index is 0.216. The van der Waals surface area contributed by atoms with E-state index in [1.807, 2.05) is 12.1 Å². The number of benzene rings is 1. The number of rotatable bonds is 6. The summed E-state index contributed by atoms with van der Waals surface area (Å²) >= 11 is 0. The molecule has 0 aliphatic heterocycles. The molecular weight excluding hydrogens is 284 g/mol. The summed E-state index contributed by atoms with van der Waals surface area (Å²) in [6.45, 7) is 5.97. The van der Waals surface area contributed by atoms with Crippen LogP contribution in [-0.2, 0) is 11.3 Å². The molecule has 124 valence electrons.